The van der Waals surface area contributed by atoms with Crippen molar-refractivity contribution in [3.05, 3.63) is 29.3 Å². The molecule has 3 N–H and O–H groups in total. The second-order valence-electron chi connectivity index (χ2n) is 5.13. The number of nitrogens with zero attached hydrogens (tertiary/aromatic N) is 1. The van der Waals surface area contributed by atoms with Gasteiger partial charge in [0.1, 0.15) is 6.04 Å². The van der Waals surface area contributed by atoms with Gasteiger partial charge in [0.2, 0.25) is 5.91 Å². The normalized spacial score (nSPS) is 19.0. The van der Waals surface area contributed by atoms with Crippen LogP contribution in [0.25, 0.3) is 0 Å². The molecule has 0 aliphatic carbocycles. The Bertz CT molecular complexity index is 531. The molecule has 1 aromatic rings. The van der Waals surface area contributed by atoms with Gasteiger partial charge in [0.15, 0.2) is 0 Å². The Morgan fingerprint density at radius 3 is 2.76 bits per heavy atom. The fraction of sp³-hybridized carbons (Fsp3) is 0.500. The number of nitrogens with two attached hydrogens (primary N) is 1. The minimum absolute atomic E-state index is 0.0312. The first-order chi connectivity index (χ1) is 9.84. The van der Waals surface area contributed by atoms with E-state index in [1.807, 2.05) is 0 Å². The molecular formula is C14H18F3N3O. The summed E-state index contributed by atoms with van der Waals surface area (Å²) in [5.41, 5.74) is 5.15. The lowest BCUT2D eigenvalue weighted by Crippen LogP contribution is -2.41. The molecule has 0 saturated carbocycles. The molecule has 0 spiro atoms. The van der Waals surface area contributed by atoms with E-state index in [0.29, 0.717) is 31.5 Å². The molecule has 1 unspecified atom stereocenters. The number of anilines is 1. The van der Waals surface area contributed by atoms with E-state index >= 15 is 0 Å². The minimum Gasteiger partial charge on any atom is -0.368 e. The monoisotopic (exact) mass is 301 g/mol. The molecule has 1 aromatic carbocycles. The molecule has 1 fully saturated rings. The van der Waals surface area contributed by atoms with Crippen molar-refractivity contribution in [1.82, 2.24) is 5.32 Å². The maximum atomic E-state index is 13.3. The third kappa shape index (κ3) is 3.29. The third-order valence-corrected chi connectivity index (χ3v) is 3.64. The number of hydrogen-bond acceptors (Lipinski definition) is 3. The van der Waals surface area contributed by atoms with Crippen LogP contribution in [-0.4, -0.2) is 25.5 Å². The molecule has 1 aliphatic rings. The first-order valence-corrected chi connectivity index (χ1v) is 6.75. The summed E-state index contributed by atoms with van der Waals surface area (Å²) in [5, 5.41) is 2.82. The zero-order valence-corrected chi connectivity index (χ0v) is 11.7. The Labute approximate surface area is 121 Å². The van der Waals surface area contributed by atoms with Crippen molar-refractivity contribution in [2.45, 2.75) is 31.6 Å². The summed E-state index contributed by atoms with van der Waals surface area (Å²) in [4.78, 5) is 12.9. The highest BCUT2D eigenvalue weighted by Crippen LogP contribution is 2.39. The number of carbonyl (C=O) groups is 1. The van der Waals surface area contributed by atoms with Crippen LogP contribution in [0.1, 0.15) is 24.0 Å². The second-order valence-corrected chi connectivity index (χ2v) is 5.13. The van der Waals surface area contributed by atoms with Gasteiger partial charge in [-0.3, -0.25) is 4.79 Å². The van der Waals surface area contributed by atoms with Crippen LogP contribution in [0.4, 0.5) is 18.9 Å². The Morgan fingerprint density at radius 1 is 1.48 bits per heavy atom. The molecule has 2 rings (SSSR count). The molecule has 4 nitrogen and oxygen atoms in total. The summed E-state index contributed by atoms with van der Waals surface area (Å²) >= 11 is 0. The number of nitrogens with one attached hydrogen (secondary N) is 1. The number of alkyl halides is 3. The first kappa shape index (κ1) is 15.6. The molecule has 1 heterocycles. The molecule has 0 aromatic heterocycles. The SMILES string of the molecule is CNCc1ccc(N2CCCC2C(N)=O)c(C(F)(F)F)c1. The van der Waals surface area contributed by atoms with Crippen LogP contribution in [0.3, 0.4) is 0 Å². The van der Waals surface area contributed by atoms with Gasteiger partial charge in [0, 0.05) is 18.8 Å². The molecule has 1 atom stereocenters. The average Bonchev–Trinajstić information content (AvgIpc) is 2.87. The van der Waals surface area contributed by atoms with Crippen LogP contribution in [0, 0.1) is 0 Å². The van der Waals surface area contributed by atoms with Gasteiger partial charge in [-0.25, -0.2) is 0 Å². The summed E-state index contributed by atoms with van der Waals surface area (Å²) in [6.07, 6.45) is -3.32. The molecule has 1 aliphatic heterocycles. The molecule has 7 heteroatoms. The summed E-state index contributed by atoms with van der Waals surface area (Å²) in [6.45, 7) is 0.755. The first-order valence-electron chi connectivity index (χ1n) is 6.75. The van der Waals surface area contributed by atoms with Gasteiger partial charge in [0.25, 0.3) is 0 Å². The zero-order chi connectivity index (χ0) is 15.6. The largest absolute Gasteiger partial charge is 0.418 e. The van der Waals surface area contributed by atoms with Gasteiger partial charge in [-0.05, 0) is 37.6 Å². The number of primary amides is 1. The Hall–Kier alpha value is -1.76. The maximum absolute atomic E-state index is 13.3. The van der Waals surface area contributed by atoms with E-state index in [2.05, 4.69) is 5.32 Å². The van der Waals surface area contributed by atoms with E-state index in [0.717, 1.165) is 6.07 Å². The molecule has 0 radical (unpaired) electrons. The quantitative estimate of drug-likeness (QED) is 0.893. The highest BCUT2D eigenvalue weighted by atomic mass is 19.4. The lowest BCUT2D eigenvalue weighted by Gasteiger charge is -2.28. The van der Waals surface area contributed by atoms with E-state index in [9.17, 15) is 18.0 Å². The smallest absolute Gasteiger partial charge is 0.368 e. The number of hydrogen-bond donors (Lipinski definition) is 2. The van der Waals surface area contributed by atoms with Gasteiger partial charge in [0.05, 0.1) is 5.56 Å². The summed E-state index contributed by atoms with van der Waals surface area (Å²) in [6, 6.07) is 3.53. The van der Waals surface area contributed by atoms with Gasteiger partial charge >= 0.3 is 6.18 Å². The maximum Gasteiger partial charge on any atom is 0.418 e. The Balaban J connectivity index is 2.45. The van der Waals surface area contributed by atoms with Gasteiger partial charge < -0.3 is 16.0 Å². The van der Waals surface area contributed by atoms with E-state index in [1.54, 1.807) is 13.1 Å². The van der Waals surface area contributed by atoms with E-state index in [-0.39, 0.29) is 5.69 Å². The topological polar surface area (TPSA) is 58.4 Å². The molecule has 21 heavy (non-hydrogen) atoms. The number of benzene rings is 1. The predicted molar refractivity (Wildman–Crippen MR) is 73.8 cm³/mol. The number of amides is 1. The van der Waals surface area contributed by atoms with Crippen molar-refractivity contribution in [3.8, 4) is 0 Å². The highest BCUT2D eigenvalue weighted by Gasteiger charge is 2.38. The summed E-state index contributed by atoms with van der Waals surface area (Å²) in [5.74, 6) is -0.583. The molecule has 116 valence electrons. The average molecular weight is 301 g/mol. The number of halogens is 3. The van der Waals surface area contributed by atoms with Gasteiger partial charge in [-0.15, -0.1) is 0 Å². The van der Waals surface area contributed by atoms with Gasteiger partial charge in [-0.2, -0.15) is 13.2 Å². The minimum atomic E-state index is -4.47. The third-order valence-electron chi connectivity index (χ3n) is 3.64. The van der Waals surface area contributed by atoms with Crippen molar-refractivity contribution in [2.75, 3.05) is 18.5 Å². The van der Waals surface area contributed by atoms with Crippen LogP contribution < -0.4 is 16.0 Å². The fourth-order valence-electron chi connectivity index (χ4n) is 2.73. The Morgan fingerprint density at radius 2 is 2.19 bits per heavy atom. The van der Waals surface area contributed by atoms with E-state index in [1.165, 1.54) is 11.0 Å². The van der Waals surface area contributed by atoms with E-state index in [4.69, 9.17) is 5.73 Å². The molecule has 1 saturated heterocycles. The van der Waals surface area contributed by atoms with Crippen LogP contribution in [0.2, 0.25) is 0 Å². The van der Waals surface area contributed by atoms with Crippen molar-refractivity contribution < 1.29 is 18.0 Å². The standard InChI is InChI=1S/C14H18F3N3O/c1-19-8-9-4-5-11(10(7-9)14(15,16)17)20-6-2-3-12(20)13(18)21/h4-5,7,12,19H,2-3,6,8H2,1H3,(H2,18,21). The number of rotatable bonds is 4. The predicted octanol–water partition coefficient (Wildman–Crippen LogP) is 1.88. The van der Waals surface area contributed by atoms with E-state index < -0.39 is 23.7 Å². The second kappa shape index (κ2) is 5.93. The highest BCUT2D eigenvalue weighted by molar-refractivity contribution is 5.84. The van der Waals surface area contributed by atoms with Crippen LogP contribution >= 0.6 is 0 Å². The molecular weight excluding hydrogens is 283 g/mol. The zero-order valence-electron chi connectivity index (χ0n) is 11.7. The van der Waals surface area contributed by atoms with Crippen LogP contribution in [-0.2, 0) is 17.5 Å². The van der Waals surface area contributed by atoms with Crippen LogP contribution in [0.15, 0.2) is 18.2 Å². The molecule has 1 amide bonds. The van der Waals surface area contributed by atoms with Crippen molar-refractivity contribution in [3.63, 3.8) is 0 Å². The lowest BCUT2D eigenvalue weighted by molar-refractivity contribution is -0.137. The summed E-state index contributed by atoms with van der Waals surface area (Å²) < 4.78 is 39.9. The van der Waals surface area contributed by atoms with Crippen molar-refractivity contribution in [2.24, 2.45) is 5.73 Å². The van der Waals surface area contributed by atoms with Crippen molar-refractivity contribution in [1.29, 1.82) is 0 Å². The Kier molecular flexibility index (Phi) is 4.41. The molecule has 0 bridgehead atoms. The van der Waals surface area contributed by atoms with Crippen molar-refractivity contribution >= 4 is 11.6 Å². The fourth-order valence-corrected chi connectivity index (χ4v) is 2.73. The van der Waals surface area contributed by atoms with Crippen LogP contribution in [0.5, 0.6) is 0 Å². The van der Waals surface area contributed by atoms with Gasteiger partial charge in [-0.1, -0.05) is 6.07 Å². The summed E-state index contributed by atoms with van der Waals surface area (Å²) in [7, 11) is 1.67. The lowest BCUT2D eigenvalue weighted by atomic mass is 10.1. The number of carbonyl (C=O) groups excluding carboxylic acids is 1.